The SMILES string of the molecule is CC1CCN(CCCN=C(N)NC2CCCCC2)CC1. The van der Waals surface area contributed by atoms with Gasteiger partial charge in [-0.2, -0.15) is 0 Å². The summed E-state index contributed by atoms with van der Waals surface area (Å²) in [5.41, 5.74) is 5.97. The summed E-state index contributed by atoms with van der Waals surface area (Å²) < 4.78 is 0. The van der Waals surface area contributed by atoms with Crippen molar-refractivity contribution in [1.29, 1.82) is 0 Å². The molecule has 2 rings (SSSR count). The molecule has 2 fully saturated rings. The molecule has 1 aliphatic carbocycles. The van der Waals surface area contributed by atoms with Crippen LogP contribution >= 0.6 is 0 Å². The van der Waals surface area contributed by atoms with E-state index in [0.717, 1.165) is 18.9 Å². The molecule has 0 bridgehead atoms. The predicted octanol–water partition coefficient (Wildman–Crippen LogP) is 2.35. The van der Waals surface area contributed by atoms with E-state index in [1.807, 2.05) is 0 Å². The maximum Gasteiger partial charge on any atom is 0.188 e. The van der Waals surface area contributed by atoms with E-state index in [1.54, 1.807) is 0 Å². The number of nitrogens with zero attached hydrogens (tertiary/aromatic N) is 2. The zero-order valence-electron chi connectivity index (χ0n) is 13.1. The minimum atomic E-state index is 0.566. The lowest BCUT2D eigenvalue weighted by Gasteiger charge is -2.29. The zero-order valence-corrected chi connectivity index (χ0v) is 13.1. The smallest absolute Gasteiger partial charge is 0.188 e. The molecular weight excluding hydrogens is 248 g/mol. The Bertz CT molecular complexity index is 289. The molecule has 1 saturated heterocycles. The Balaban J connectivity index is 1.55. The van der Waals surface area contributed by atoms with Gasteiger partial charge in [0.25, 0.3) is 0 Å². The van der Waals surface area contributed by atoms with Crippen molar-refractivity contribution in [2.75, 3.05) is 26.2 Å². The topological polar surface area (TPSA) is 53.6 Å². The molecule has 0 amide bonds. The lowest BCUT2D eigenvalue weighted by Crippen LogP contribution is -2.41. The summed E-state index contributed by atoms with van der Waals surface area (Å²) in [6.45, 7) is 6.92. The molecule has 0 radical (unpaired) electrons. The first kappa shape index (κ1) is 15.6. The molecule has 20 heavy (non-hydrogen) atoms. The number of nitrogens with two attached hydrogens (primary N) is 1. The van der Waals surface area contributed by atoms with Crippen LogP contribution in [0, 0.1) is 5.92 Å². The van der Waals surface area contributed by atoms with Crippen LogP contribution in [0.1, 0.15) is 58.3 Å². The highest BCUT2D eigenvalue weighted by Gasteiger charge is 2.15. The van der Waals surface area contributed by atoms with Crippen LogP contribution in [0.3, 0.4) is 0 Å². The van der Waals surface area contributed by atoms with Crippen molar-refractivity contribution in [2.45, 2.75) is 64.3 Å². The van der Waals surface area contributed by atoms with Gasteiger partial charge in [0.1, 0.15) is 0 Å². The summed E-state index contributed by atoms with van der Waals surface area (Å²) >= 11 is 0. The third kappa shape index (κ3) is 5.70. The molecule has 4 heteroatoms. The molecule has 1 aliphatic heterocycles. The Morgan fingerprint density at radius 1 is 1.15 bits per heavy atom. The molecular formula is C16H32N4. The third-order valence-electron chi connectivity index (χ3n) is 4.75. The van der Waals surface area contributed by atoms with Crippen LogP contribution in [0.25, 0.3) is 0 Å². The lowest BCUT2D eigenvalue weighted by molar-refractivity contribution is 0.192. The minimum Gasteiger partial charge on any atom is -0.370 e. The van der Waals surface area contributed by atoms with Gasteiger partial charge >= 0.3 is 0 Å². The van der Waals surface area contributed by atoms with Crippen molar-refractivity contribution in [3.63, 3.8) is 0 Å². The largest absolute Gasteiger partial charge is 0.370 e. The standard InChI is InChI=1S/C16H32N4/c1-14-8-12-20(13-9-14)11-5-10-18-16(17)19-15-6-3-2-4-7-15/h14-15H,2-13H2,1H3,(H3,17,18,19). The first-order valence-electron chi connectivity index (χ1n) is 8.53. The van der Waals surface area contributed by atoms with Crippen LogP contribution in [0.2, 0.25) is 0 Å². The highest BCUT2D eigenvalue weighted by molar-refractivity contribution is 5.78. The van der Waals surface area contributed by atoms with Crippen LogP contribution in [0.5, 0.6) is 0 Å². The van der Waals surface area contributed by atoms with Gasteiger partial charge in [-0.1, -0.05) is 26.2 Å². The van der Waals surface area contributed by atoms with Gasteiger partial charge in [0.15, 0.2) is 5.96 Å². The Morgan fingerprint density at radius 2 is 1.85 bits per heavy atom. The molecule has 116 valence electrons. The normalized spacial score (nSPS) is 23.9. The van der Waals surface area contributed by atoms with Crippen molar-refractivity contribution in [3.05, 3.63) is 0 Å². The number of piperidine rings is 1. The minimum absolute atomic E-state index is 0.566. The van der Waals surface area contributed by atoms with Crippen LogP contribution in [0.4, 0.5) is 0 Å². The number of guanidine groups is 1. The van der Waals surface area contributed by atoms with Crippen LogP contribution < -0.4 is 11.1 Å². The van der Waals surface area contributed by atoms with Crippen molar-refractivity contribution in [1.82, 2.24) is 10.2 Å². The van der Waals surface area contributed by atoms with E-state index in [2.05, 4.69) is 22.1 Å². The average molecular weight is 280 g/mol. The van der Waals surface area contributed by atoms with Gasteiger partial charge in [-0.05, 0) is 57.7 Å². The maximum absolute atomic E-state index is 5.97. The summed E-state index contributed by atoms with van der Waals surface area (Å²) in [5, 5.41) is 3.38. The molecule has 2 aliphatic rings. The Morgan fingerprint density at radius 3 is 2.55 bits per heavy atom. The van der Waals surface area contributed by atoms with E-state index in [4.69, 9.17) is 5.73 Å². The van der Waals surface area contributed by atoms with Crippen LogP contribution in [-0.2, 0) is 0 Å². The van der Waals surface area contributed by atoms with Crippen LogP contribution in [-0.4, -0.2) is 43.1 Å². The Labute approximate surface area is 124 Å². The number of nitrogens with one attached hydrogen (secondary N) is 1. The third-order valence-corrected chi connectivity index (χ3v) is 4.75. The molecule has 1 saturated carbocycles. The number of aliphatic imine (C=N–C) groups is 1. The van der Waals surface area contributed by atoms with Gasteiger partial charge in [0, 0.05) is 12.6 Å². The molecule has 3 N–H and O–H groups in total. The summed E-state index contributed by atoms with van der Waals surface area (Å²) in [7, 11) is 0. The van der Waals surface area contributed by atoms with Gasteiger partial charge in [-0.25, -0.2) is 0 Å². The quantitative estimate of drug-likeness (QED) is 0.462. The van der Waals surface area contributed by atoms with Gasteiger partial charge < -0.3 is 16.0 Å². The lowest BCUT2D eigenvalue weighted by atomic mass is 9.96. The summed E-state index contributed by atoms with van der Waals surface area (Å²) in [5.74, 6) is 1.57. The van der Waals surface area contributed by atoms with E-state index >= 15 is 0 Å². The van der Waals surface area contributed by atoms with Crippen molar-refractivity contribution < 1.29 is 0 Å². The first-order valence-corrected chi connectivity index (χ1v) is 8.53. The molecule has 0 unspecified atom stereocenters. The zero-order chi connectivity index (χ0) is 14.2. The Kier molecular flexibility index (Phi) is 6.64. The molecule has 0 spiro atoms. The van der Waals surface area contributed by atoms with Crippen molar-refractivity contribution in [3.8, 4) is 0 Å². The molecule has 1 heterocycles. The van der Waals surface area contributed by atoms with E-state index in [0.29, 0.717) is 12.0 Å². The fourth-order valence-electron chi connectivity index (χ4n) is 3.28. The molecule has 0 aromatic heterocycles. The molecule has 4 nitrogen and oxygen atoms in total. The van der Waals surface area contributed by atoms with E-state index in [-0.39, 0.29) is 0 Å². The summed E-state index contributed by atoms with van der Waals surface area (Å²) in [6.07, 6.45) is 10.4. The molecule has 0 atom stereocenters. The highest BCUT2D eigenvalue weighted by atomic mass is 15.1. The molecule has 0 aromatic carbocycles. The van der Waals surface area contributed by atoms with Crippen molar-refractivity contribution in [2.24, 2.45) is 16.6 Å². The second kappa shape index (κ2) is 8.50. The highest BCUT2D eigenvalue weighted by Crippen LogP contribution is 2.17. The average Bonchev–Trinajstić information content (AvgIpc) is 2.46. The van der Waals surface area contributed by atoms with Gasteiger partial charge in [-0.3, -0.25) is 4.99 Å². The van der Waals surface area contributed by atoms with E-state index in [1.165, 1.54) is 64.6 Å². The van der Waals surface area contributed by atoms with Gasteiger partial charge in [0.2, 0.25) is 0 Å². The maximum atomic E-state index is 5.97. The number of rotatable bonds is 5. The van der Waals surface area contributed by atoms with Gasteiger partial charge in [0.05, 0.1) is 0 Å². The summed E-state index contributed by atoms with van der Waals surface area (Å²) in [6, 6.07) is 0.566. The number of likely N-dealkylation sites (tertiary alicyclic amines) is 1. The van der Waals surface area contributed by atoms with Crippen LogP contribution in [0.15, 0.2) is 4.99 Å². The summed E-state index contributed by atoms with van der Waals surface area (Å²) in [4.78, 5) is 7.04. The molecule has 0 aromatic rings. The number of hydrogen-bond acceptors (Lipinski definition) is 2. The first-order chi connectivity index (χ1) is 9.74. The fraction of sp³-hybridized carbons (Fsp3) is 0.938. The fourth-order valence-corrected chi connectivity index (χ4v) is 3.28. The van der Waals surface area contributed by atoms with Gasteiger partial charge in [-0.15, -0.1) is 0 Å². The second-order valence-electron chi connectivity index (χ2n) is 6.62. The van der Waals surface area contributed by atoms with Crippen molar-refractivity contribution >= 4 is 5.96 Å². The van der Waals surface area contributed by atoms with E-state index < -0.39 is 0 Å². The number of hydrogen-bond donors (Lipinski definition) is 2. The Hall–Kier alpha value is -0.770. The van der Waals surface area contributed by atoms with E-state index in [9.17, 15) is 0 Å². The predicted molar refractivity (Wildman–Crippen MR) is 86.0 cm³/mol. The second-order valence-corrected chi connectivity index (χ2v) is 6.62. The monoisotopic (exact) mass is 280 g/mol.